The van der Waals surface area contributed by atoms with Crippen molar-refractivity contribution >= 4 is 11.6 Å². The molecule has 0 saturated carbocycles. The number of aromatic nitrogens is 7. The normalized spacial score (nSPS) is 18.5. The number of aryl methyl sites for hydroxylation is 3. The number of piperidine rings is 1. The first-order valence-electron chi connectivity index (χ1n) is 8.40. The highest BCUT2D eigenvalue weighted by Crippen LogP contribution is 2.24. The van der Waals surface area contributed by atoms with E-state index in [0.29, 0.717) is 11.7 Å². The molecule has 8 heteroatoms. The number of anilines is 1. The van der Waals surface area contributed by atoms with E-state index in [4.69, 9.17) is 0 Å². The summed E-state index contributed by atoms with van der Waals surface area (Å²) in [4.78, 5) is 15.5. The maximum Gasteiger partial charge on any atom is 0.254 e. The van der Waals surface area contributed by atoms with E-state index in [1.54, 1.807) is 6.33 Å². The lowest BCUT2D eigenvalue weighted by molar-refractivity contribution is 0.346. The molecular weight excluding hydrogens is 304 g/mol. The van der Waals surface area contributed by atoms with Gasteiger partial charge in [0, 0.05) is 31.4 Å². The summed E-state index contributed by atoms with van der Waals surface area (Å²) in [5, 5.41) is 8.84. The Morgan fingerprint density at radius 1 is 1.21 bits per heavy atom. The average molecular weight is 326 g/mol. The predicted octanol–water partition coefficient (Wildman–Crippen LogP) is 1.56. The van der Waals surface area contributed by atoms with Crippen LogP contribution in [0.2, 0.25) is 0 Å². The zero-order chi connectivity index (χ0) is 16.7. The maximum atomic E-state index is 4.51. The third-order valence-corrected chi connectivity index (χ3v) is 4.60. The molecule has 0 spiro atoms. The van der Waals surface area contributed by atoms with Crippen LogP contribution in [0.25, 0.3) is 5.78 Å². The van der Waals surface area contributed by atoms with Crippen LogP contribution in [0.15, 0.2) is 12.4 Å². The Kier molecular flexibility index (Phi) is 3.66. The maximum absolute atomic E-state index is 4.51. The number of fused-ring (bicyclic) bond motifs is 1. The molecule has 4 heterocycles. The van der Waals surface area contributed by atoms with Gasteiger partial charge in [-0.15, -0.1) is 0 Å². The molecule has 1 saturated heterocycles. The molecule has 4 rings (SSSR count). The van der Waals surface area contributed by atoms with E-state index in [1.165, 1.54) is 6.42 Å². The van der Waals surface area contributed by atoms with Crippen molar-refractivity contribution in [3.8, 4) is 0 Å². The van der Waals surface area contributed by atoms with Crippen LogP contribution in [0.4, 0.5) is 5.82 Å². The molecule has 24 heavy (non-hydrogen) atoms. The molecule has 0 N–H and O–H groups in total. The van der Waals surface area contributed by atoms with Crippen LogP contribution in [0.1, 0.15) is 30.2 Å². The number of hydrogen-bond donors (Lipinski definition) is 0. The lowest BCUT2D eigenvalue weighted by Crippen LogP contribution is -2.38. The molecule has 0 radical (unpaired) electrons. The quantitative estimate of drug-likeness (QED) is 0.727. The second-order valence-electron chi connectivity index (χ2n) is 6.57. The average Bonchev–Trinajstić information content (AvgIpc) is 3.13. The van der Waals surface area contributed by atoms with Gasteiger partial charge in [-0.3, -0.25) is 0 Å². The monoisotopic (exact) mass is 326 g/mol. The van der Waals surface area contributed by atoms with E-state index in [-0.39, 0.29) is 0 Å². The highest BCUT2D eigenvalue weighted by Gasteiger charge is 2.24. The van der Waals surface area contributed by atoms with Crippen LogP contribution in [-0.2, 0) is 6.54 Å². The third-order valence-electron chi connectivity index (χ3n) is 4.60. The van der Waals surface area contributed by atoms with E-state index < -0.39 is 0 Å². The topological polar surface area (TPSA) is 77.0 Å². The SMILES string of the molecule is Cc1cc(N2CCCC(Cn3nc(C)nc3C)C2)n2ncnc2n1. The molecule has 8 nitrogen and oxygen atoms in total. The van der Waals surface area contributed by atoms with Gasteiger partial charge in [0.05, 0.1) is 0 Å². The van der Waals surface area contributed by atoms with Gasteiger partial charge in [-0.05, 0) is 39.5 Å². The van der Waals surface area contributed by atoms with Crippen molar-refractivity contribution in [3.63, 3.8) is 0 Å². The minimum Gasteiger partial charge on any atom is -0.356 e. The van der Waals surface area contributed by atoms with Crippen LogP contribution in [0, 0.1) is 26.7 Å². The molecule has 3 aromatic heterocycles. The highest BCUT2D eigenvalue weighted by atomic mass is 15.4. The fraction of sp³-hybridized carbons (Fsp3) is 0.562. The smallest absolute Gasteiger partial charge is 0.254 e. The minimum absolute atomic E-state index is 0.547. The van der Waals surface area contributed by atoms with Crippen LogP contribution in [0.5, 0.6) is 0 Å². The standard InChI is InChI=1S/C16H22N8/c1-11-7-15(24-16(19-11)17-10-18-24)22-6-4-5-14(8-22)9-23-13(3)20-12(2)21-23/h7,10,14H,4-6,8-9H2,1-3H3. The van der Waals surface area contributed by atoms with Gasteiger partial charge in [0.25, 0.3) is 5.78 Å². The van der Waals surface area contributed by atoms with Gasteiger partial charge < -0.3 is 4.90 Å². The van der Waals surface area contributed by atoms with Crippen molar-refractivity contribution in [3.05, 3.63) is 29.7 Å². The predicted molar refractivity (Wildman–Crippen MR) is 90.0 cm³/mol. The Morgan fingerprint density at radius 3 is 2.88 bits per heavy atom. The Balaban J connectivity index is 1.58. The molecular formula is C16H22N8. The summed E-state index contributed by atoms with van der Waals surface area (Å²) in [5.41, 5.74) is 0.968. The molecule has 0 bridgehead atoms. The summed E-state index contributed by atoms with van der Waals surface area (Å²) in [6, 6.07) is 2.09. The molecule has 1 unspecified atom stereocenters. The Bertz CT molecular complexity index is 864. The first-order chi connectivity index (χ1) is 11.6. The summed E-state index contributed by atoms with van der Waals surface area (Å²) < 4.78 is 3.87. The summed E-state index contributed by atoms with van der Waals surface area (Å²) in [6.45, 7) is 8.89. The first-order valence-corrected chi connectivity index (χ1v) is 8.40. The van der Waals surface area contributed by atoms with Crippen molar-refractivity contribution in [2.45, 2.75) is 40.2 Å². The zero-order valence-electron chi connectivity index (χ0n) is 14.3. The molecule has 1 aliphatic heterocycles. The fourth-order valence-electron chi connectivity index (χ4n) is 3.54. The van der Waals surface area contributed by atoms with E-state index in [1.807, 2.05) is 30.0 Å². The van der Waals surface area contributed by atoms with E-state index >= 15 is 0 Å². The molecule has 126 valence electrons. The van der Waals surface area contributed by atoms with Gasteiger partial charge in [0.15, 0.2) is 0 Å². The summed E-state index contributed by atoms with van der Waals surface area (Å²) in [5.74, 6) is 4.11. The molecule has 0 aliphatic carbocycles. The summed E-state index contributed by atoms with van der Waals surface area (Å²) in [6.07, 6.45) is 3.93. The van der Waals surface area contributed by atoms with Crippen molar-refractivity contribution < 1.29 is 0 Å². The minimum atomic E-state index is 0.547. The number of rotatable bonds is 3. The second kappa shape index (κ2) is 5.85. The molecule has 1 aliphatic rings. The van der Waals surface area contributed by atoms with Gasteiger partial charge >= 0.3 is 0 Å². The molecule has 1 atom stereocenters. The van der Waals surface area contributed by atoms with Crippen molar-refractivity contribution in [2.75, 3.05) is 18.0 Å². The van der Waals surface area contributed by atoms with Gasteiger partial charge in [-0.2, -0.15) is 19.7 Å². The molecule has 3 aromatic rings. The van der Waals surface area contributed by atoms with Crippen LogP contribution in [0.3, 0.4) is 0 Å². The fourth-order valence-corrected chi connectivity index (χ4v) is 3.54. The van der Waals surface area contributed by atoms with Crippen molar-refractivity contribution in [2.24, 2.45) is 5.92 Å². The Morgan fingerprint density at radius 2 is 2.08 bits per heavy atom. The Labute approximate surface area is 140 Å². The molecule has 0 aromatic carbocycles. The summed E-state index contributed by atoms with van der Waals surface area (Å²) >= 11 is 0. The van der Waals surface area contributed by atoms with Gasteiger partial charge in [-0.1, -0.05) is 0 Å². The van der Waals surface area contributed by atoms with Crippen LogP contribution < -0.4 is 4.90 Å². The highest BCUT2D eigenvalue weighted by molar-refractivity contribution is 5.47. The first kappa shape index (κ1) is 15.0. The van der Waals surface area contributed by atoms with E-state index in [0.717, 1.165) is 49.2 Å². The lowest BCUT2D eigenvalue weighted by Gasteiger charge is -2.34. The summed E-state index contributed by atoms with van der Waals surface area (Å²) in [7, 11) is 0. The van der Waals surface area contributed by atoms with E-state index in [9.17, 15) is 0 Å². The third kappa shape index (κ3) is 2.72. The van der Waals surface area contributed by atoms with E-state index in [2.05, 4.69) is 36.1 Å². The lowest BCUT2D eigenvalue weighted by atomic mass is 9.98. The Hall–Kier alpha value is -2.51. The number of hydrogen-bond acceptors (Lipinski definition) is 6. The van der Waals surface area contributed by atoms with Gasteiger partial charge in [0.1, 0.15) is 23.8 Å². The second-order valence-corrected chi connectivity index (χ2v) is 6.57. The van der Waals surface area contributed by atoms with Crippen LogP contribution >= 0.6 is 0 Å². The van der Waals surface area contributed by atoms with Crippen molar-refractivity contribution in [1.29, 1.82) is 0 Å². The van der Waals surface area contributed by atoms with Crippen LogP contribution in [-0.4, -0.2) is 47.4 Å². The largest absolute Gasteiger partial charge is 0.356 e. The van der Waals surface area contributed by atoms with Gasteiger partial charge in [0.2, 0.25) is 0 Å². The number of nitrogens with zero attached hydrogens (tertiary/aromatic N) is 8. The zero-order valence-corrected chi connectivity index (χ0v) is 14.3. The molecule has 0 amide bonds. The molecule has 1 fully saturated rings. The van der Waals surface area contributed by atoms with Crippen molar-refractivity contribution in [1.82, 2.24) is 34.3 Å². The van der Waals surface area contributed by atoms with Gasteiger partial charge in [-0.25, -0.2) is 14.6 Å².